The minimum Gasteiger partial charge on any atom is -0.426 e. The summed E-state index contributed by atoms with van der Waals surface area (Å²) in [4.78, 5) is 4.27. The SMILES string of the molecule is COC(c1ccc(B(OCCN(C)C)c2ccccc2)cc1)c1ccc(B(OCCN(C)C)c2ccccc2)cc1. The van der Waals surface area contributed by atoms with Gasteiger partial charge in [0.05, 0.1) is 0 Å². The quantitative estimate of drug-likeness (QED) is 0.214. The first-order chi connectivity index (χ1) is 20.0. The van der Waals surface area contributed by atoms with Gasteiger partial charge in [-0.3, -0.25) is 0 Å². The number of ether oxygens (including phenoxy) is 1. The molecule has 4 aromatic rings. The molecule has 0 fully saturated rings. The summed E-state index contributed by atoms with van der Waals surface area (Å²) >= 11 is 0. The van der Waals surface area contributed by atoms with E-state index in [0.29, 0.717) is 13.2 Å². The lowest BCUT2D eigenvalue weighted by molar-refractivity contribution is 0.136. The second-order valence-electron chi connectivity index (χ2n) is 10.9. The largest absolute Gasteiger partial charge is 0.426 e. The molecule has 5 nitrogen and oxygen atoms in total. The van der Waals surface area contributed by atoms with E-state index >= 15 is 0 Å². The zero-order valence-corrected chi connectivity index (χ0v) is 25.1. The van der Waals surface area contributed by atoms with Gasteiger partial charge in [-0.2, -0.15) is 0 Å². The molecule has 4 rings (SSSR count). The van der Waals surface area contributed by atoms with Gasteiger partial charge in [0.1, 0.15) is 6.10 Å². The number of methoxy groups -OCH3 is 1. The van der Waals surface area contributed by atoms with E-state index in [4.69, 9.17) is 14.0 Å². The van der Waals surface area contributed by atoms with Crippen LogP contribution in [0.1, 0.15) is 17.2 Å². The van der Waals surface area contributed by atoms with Crippen molar-refractivity contribution in [3.63, 3.8) is 0 Å². The fourth-order valence-electron chi connectivity index (χ4n) is 4.89. The lowest BCUT2D eigenvalue weighted by atomic mass is 9.55. The molecule has 7 heteroatoms. The van der Waals surface area contributed by atoms with Crippen molar-refractivity contribution >= 4 is 35.7 Å². The van der Waals surface area contributed by atoms with Gasteiger partial charge in [-0.25, -0.2) is 0 Å². The van der Waals surface area contributed by atoms with Gasteiger partial charge >= 0.3 is 13.8 Å². The standard InChI is InChI=1S/C34H42B2N2O3/c1-37(2)24-26-40-35(30-12-8-6-9-13-30)32-20-16-28(17-21-32)34(39-5)29-18-22-33(23-19-29)36(41-27-25-38(3)4)31-14-10-7-11-15-31/h6-23,34H,24-27H2,1-5H3. The van der Waals surface area contributed by atoms with E-state index in [9.17, 15) is 0 Å². The first-order valence-electron chi connectivity index (χ1n) is 14.3. The molecule has 0 atom stereocenters. The van der Waals surface area contributed by atoms with Gasteiger partial charge in [-0.05, 0) is 61.2 Å². The number of rotatable bonds is 15. The van der Waals surface area contributed by atoms with Gasteiger partial charge in [0, 0.05) is 33.4 Å². The number of hydrogen-bond donors (Lipinski definition) is 0. The Kier molecular flexibility index (Phi) is 11.8. The molecule has 0 aromatic heterocycles. The summed E-state index contributed by atoms with van der Waals surface area (Å²) in [5.74, 6) is 0. The minimum atomic E-state index is -0.173. The number of hydrogen-bond acceptors (Lipinski definition) is 5. The number of nitrogens with zero attached hydrogens (tertiary/aromatic N) is 2. The molecule has 0 heterocycles. The van der Waals surface area contributed by atoms with Gasteiger partial charge in [0.25, 0.3) is 0 Å². The van der Waals surface area contributed by atoms with E-state index in [1.165, 1.54) is 0 Å². The molecular weight excluding hydrogens is 506 g/mol. The summed E-state index contributed by atoms with van der Waals surface area (Å²) in [5, 5.41) is 0. The predicted octanol–water partition coefficient (Wildman–Crippen LogP) is 2.79. The predicted molar refractivity (Wildman–Crippen MR) is 174 cm³/mol. The third-order valence-corrected chi connectivity index (χ3v) is 7.17. The molecule has 4 aromatic carbocycles. The van der Waals surface area contributed by atoms with E-state index in [0.717, 1.165) is 46.1 Å². The average molecular weight is 548 g/mol. The summed E-state index contributed by atoms with van der Waals surface area (Å²) in [6.07, 6.45) is -0.173. The maximum Gasteiger partial charge on any atom is 0.361 e. The third kappa shape index (κ3) is 8.90. The van der Waals surface area contributed by atoms with Crippen molar-refractivity contribution in [2.75, 3.05) is 61.6 Å². The fraction of sp³-hybridized carbons (Fsp3) is 0.294. The molecule has 0 unspecified atom stereocenters. The Morgan fingerprint density at radius 1 is 0.512 bits per heavy atom. The fourth-order valence-corrected chi connectivity index (χ4v) is 4.89. The Labute approximate surface area is 247 Å². The molecule has 0 spiro atoms. The highest BCUT2D eigenvalue weighted by molar-refractivity contribution is 6.80. The van der Waals surface area contributed by atoms with Crippen molar-refractivity contribution in [2.45, 2.75) is 6.10 Å². The first kappa shape index (κ1) is 30.8. The van der Waals surface area contributed by atoms with Crippen LogP contribution in [0.5, 0.6) is 0 Å². The molecule has 0 aliphatic rings. The monoisotopic (exact) mass is 548 g/mol. The molecule has 0 bridgehead atoms. The van der Waals surface area contributed by atoms with E-state index in [1.54, 1.807) is 7.11 Å². The maximum absolute atomic E-state index is 6.36. The van der Waals surface area contributed by atoms with E-state index < -0.39 is 0 Å². The van der Waals surface area contributed by atoms with Gasteiger partial charge in [0.2, 0.25) is 0 Å². The van der Waals surface area contributed by atoms with Crippen molar-refractivity contribution in [3.8, 4) is 0 Å². The highest BCUT2D eigenvalue weighted by atomic mass is 16.5. The Morgan fingerprint density at radius 2 is 0.854 bits per heavy atom. The highest BCUT2D eigenvalue weighted by Crippen LogP contribution is 2.24. The Morgan fingerprint density at radius 3 is 1.17 bits per heavy atom. The second kappa shape index (κ2) is 15.7. The van der Waals surface area contributed by atoms with Crippen LogP contribution in [0.4, 0.5) is 0 Å². The third-order valence-electron chi connectivity index (χ3n) is 7.17. The van der Waals surface area contributed by atoms with Crippen molar-refractivity contribution in [2.24, 2.45) is 0 Å². The van der Waals surface area contributed by atoms with Crippen LogP contribution in [0.3, 0.4) is 0 Å². The van der Waals surface area contributed by atoms with Crippen LogP contribution < -0.4 is 21.9 Å². The van der Waals surface area contributed by atoms with Crippen LogP contribution in [-0.4, -0.2) is 85.2 Å². The zero-order chi connectivity index (χ0) is 29.0. The van der Waals surface area contributed by atoms with Crippen LogP contribution in [0, 0.1) is 0 Å². The van der Waals surface area contributed by atoms with Crippen LogP contribution in [-0.2, 0) is 14.0 Å². The van der Waals surface area contributed by atoms with Crippen LogP contribution in [0.15, 0.2) is 109 Å². The van der Waals surface area contributed by atoms with Crippen LogP contribution in [0.25, 0.3) is 0 Å². The molecule has 0 saturated heterocycles. The molecule has 212 valence electrons. The van der Waals surface area contributed by atoms with Gasteiger partial charge in [0.15, 0.2) is 0 Å². The summed E-state index contributed by atoms with van der Waals surface area (Å²) in [6, 6.07) is 38.1. The van der Waals surface area contributed by atoms with Crippen molar-refractivity contribution in [3.05, 3.63) is 120 Å². The molecule has 0 N–H and O–H groups in total. The topological polar surface area (TPSA) is 34.2 Å². The Balaban J connectivity index is 1.52. The summed E-state index contributed by atoms with van der Waals surface area (Å²) in [6.45, 7) is 2.82. The van der Waals surface area contributed by atoms with Gasteiger partial charge in [-0.1, -0.05) is 109 Å². The van der Waals surface area contributed by atoms with Crippen molar-refractivity contribution < 1.29 is 14.0 Å². The summed E-state index contributed by atoms with van der Waals surface area (Å²) in [7, 11) is 10.0. The molecule has 0 aliphatic carbocycles. The molecule has 0 aliphatic heterocycles. The Bertz CT molecular complexity index is 1190. The molecule has 0 amide bonds. The first-order valence-corrected chi connectivity index (χ1v) is 14.3. The number of likely N-dealkylation sites (N-methyl/N-ethyl adjacent to an activating group) is 2. The minimum absolute atomic E-state index is 0.118. The molecular formula is C34H42B2N2O3. The maximum atomic E-state index is 6.36. The normalized spacial score (nSPS) is 11.4. The Hall–Kier alpha value is -3.19. The smallest absolute Gasteiger partial charge is 0.361 e. The van der Waals surface area contributed by atoms with E-state index in [1.807, 2.05) is 12.1 Å². The van der Waals surface area contributed by atoms with E-state index in [-0.39, 0.29) is 19.9 Å². The molecule has 0 radical (unpaired) electrons. The van der Waals surface area contributed by atoms with E-state index in [2.05, 4.69) is 135 Å². The lowest BCUT2D eigenvalue weighted by Gasteiger charge is -2.21. The van der Waals surface area contributed by atoms with Gasteiger partial charge < -0.3 is 23.8 Å². The van der Waals surface area contributed by atoms with Crippen molar-refractivity contribution in [1.82, 2.24) is 9.80 Å². The molecule has 41 heavy (non-hydrogen) atoms. The lowest BCUT2D eigenvalue weighted by Crippen LogP contribution is -2.46. The van der Waals surface area contributed by atoms with Crippen LogP contribution in [0.2, 0.25) is 0 Å². The van der Waals surface area contributed by atoms with Gasteiger partial charge in [-0.15, -0.1) is 0 Å². The summed E-state index contributed by atoms with van der Waals surface area (Å²) in [5.41, 5.74) is 6.77. The molecule has 0 saturated carbocycles. The summed E-state index contributed by atoms with van der Waals surface area (Å²) < 4.78 is 18.7. The van der Waals surface area contributed by atoms with Crippen molar-refractivity contribution in [1.29, 1.82) is 0 Å². The average Bonchev–Trinajstić information content (AvgIpc) is 2.99. The number of benzene rings is 4. The zero-order valence-electron chi connectivity index (χ0n) is 25.1. The second-order valence-corrected chi connectivity index (χ2v) is 10.9. The van der Waals surface area contributed by atoms with Crippen LogP contribution >= 0.6 is 0 Å². The highest BCUT2D eigenvalue weighted by Gasteiger charge is 2.24.